The number of piperidine rings is 1. The second-order valence-electron chi connectivity index (χ2n) is 9.86. The van der Waals surface area contributed by atoms with Crippen LogP contribution in [-0.4, -0.2) is 79.3 Å². The number of imide groups is 1. The van der Waals surface area contributed by atoms with Gasteiger partial charge in [-0.1, -0.05) is 12.1 Å². The van der Waals surface area contributed by atoms with Gasteiger partial charge in [-0.2, -0.15) is 0 Å². The molecule has 35 heavy (non-hydrogen) atoms. The molecule has 0 spiro atoms. The van der Waals surface area contributed by atoms with Crippen molar-refractivity contribution in [3.63, 3.8) is 0 Å². The molecule has 1 N–H and O–H groups in total. The van der Waals surface area contributed by atoms with Crippen LogP contribution in [0.4, 0.5) is 0 Å². The predicted molar refractivity (Wildman–Crippen MR) is 123 cm³/mol. The van der Waals surface area contributed by atoms with E-state index in [1.807, 2.05) is 26.8 Å². The normalized spacial score (nSPS) is 23.9. The van der Waals surface area contributed by atoms with Crippen molar-refractivity contribution < 1.29 is 23.9 Å². The molecule has 1 aromatic heterocycles. The van der Waals surface area contributed by atoms with E-state index in [1.54, 1.807) is 23.2 Å². The number of hydrogen-bond donors (Lipinski definition) is 1. The molecular formula is C24H28N6O5. The van der Waals surface area contributed by atoms with E-state index in [1.165, 1.54) is 9.58 Å². The number of hydrogen-bond acceptors (Lipinski definition) is 7. The SMILES string of the molecule is CCC1COC(C)(C)CN1C(=O)c1cn(-c2ccc3c(c2)CN(C2CCC(=O)NC2=O)C3=O)nn1. The van der Waals surface area contributed by atoms with E-state index in [9.17, 15) is 19.2 Å². The molecule has 2 saturated heterocycles. The van der Waals surface area contributed by atoms with Crippen molar-refractivity contribution in [3.8, 4) is 5.69 Å². The number of nitrogens with zero attached hydrogens (tertiary/aromatic N) is 5. The molecular weight excluding hydrogens is 452 g/mol. The Morgan fingerprint density at radius 1 is 1.26 bits per heavy atom. The molecule has 1 aromatic carbocycles. The number of nitrogens with one attached hydrogen (secondary N) is 1. The first-order chi connectivity index (χ1) is 16.7. The van der Waals surface area contributed by atoms with E-state index in [0.29, 0.717) is 30.8 Å². The summed E-state index contributed by atoms with van der Waals surface area (Å²) in [6.07, 6.45) is 2.88. The summed E-state index contributed by atoms with van der Waals surface area (Å²) >= 11 is 0. The summed E-state index contributed by atoms with van der Waals surface area (Å²) in [5.74, 6) is -1.20. The first-order valence-electron chi connectivity index (χ1n) is 11.8. The Hall–Kier alpha value is -3.60. The molecule has 5 rings (SSSR count). The van der Waals surface area contributed by atoms with Gasteiger partial charge in [0.1, 0.15) is 6.04 Å². The molecule has 2 unspecified atom stereocenters. The number of amides is 4. The minimum Gasteiger partial charge on any atom is -0.372 e. The van der Waals surface area contributed by atoms with Gasteiger partial charge in [-0.3, -0.25) is 24.5 Å². The molecule has 11 nitrogen and oxygen atoms in total. The van der Waals surface area contributed by atoms with Crippen molar-refractivity contribution in [2.75, 3.05) is 13.2 Å². The number of benzene rings is 1. The molecule has 2 atom stereocenters. The summed E-state index contributed by atoms with van der Waals surface area (Å²) < 4.78 is 7.38. The molecule has 0 saturated carbocycles. The lowest BCUT2D eigenvalue weighted by atomic mass is 10.0. The molecule has 0 radical (unpaired) electrons. The maximum Gasteiger partial charge on any atom is 0.276 e. The van der Waals surface area contributed by atoms with E-state index in [2.05, 4.69) is 15.6 Å². The predicted octanol–water partition coefficient (Wildman–Crippen LogP) is 1.06. The van der Waals surface area contributed by atoms with Crippen molar-refractivity contribution in [2.45, 2.75) is 64.3 Å². The Balaban J connectivity index is 1.35. The molecule has 0 bridgehead atoms. The Bertz CT molecular complexity index is 1220. The van der Waals surface area contributed by atoms with Gasteiger partial charge in [-0.05, 0) is 50.5 Å². The Morgan fingerprint density at radius 2 is 2.06 bits per heavy atom. The third-order valence-electron chi connectivity index (χ3n) is 6.87. The molecule has 184 valence electrons. The number of fused-ring (bicyclic) bond motifs is 1. The minimum absolute atomic E-state index is 0.0232. The molecule has 2 aromatic rings. The summed E-state index contributed by atoms with van der Waals surface area (Å²) in [5, 5.41) is 10.6. The smallest absolute Gasteiger partial charge is 0.276 e. The maximum atomic E-state index is 13.2. The summed E-state index contributed by atoms with van der Waals surface area (Å²) in [6, 6.07) is 4.55. The average Bonchev–Trinajstić information content (AvgIpc) is 3.43. The van der Waals surface area contributed by atoms with Crippen LogP contribution in [0.1, 0.15) is 66.4 Å². The van der Waals surface area contributed by atoms with Crippen molar-refractivity contribution in [3.05, 3.63) is 41.2 Å². The van der Waals surface area contributed by atoms with Gasteiger partial charge < -0.3 is 14.5 Å². The van der Waals surface area contributed by atoms with Crippen LogP contribution in [0.3, 0.4) is 0 Å². The fraction of sp³-hybridized carbons (Fsp3) is 0.500. The molecule has 4 amide bonds. The van der Waals surface area contributed by atoms with Gasteiger partial charge in [0.25, 0.3) is 11.8 Å². The molecule has 3 aliphatic heterocycles. The standard InChI is InChI=1S/C24H28N6O5/c1-4-15-12-35-24(2,3)13-29(15)23(34)18-11-30(27-26-18)16-5-6-17-14(9-16)10-28(22(17)33)19-7-8-20(31)25-21(19)32/h5-6,9,11,15,19H,4,7-8,10,12-13H2,1-3H3,(H,25,31,32). The van der Waals surface area contributed by atoms with Gasteiger partial charge in [-0.15, -0.1) is 5.10 Å². The number of carbonyl (C=O) groups excluding carboxylic acids is 4. The van der Waals surface area contributed by atoms with E-state index >= 15 is 0 Å². The van der Waals surface area contributed by atoms with E-state index in [-0.39, 0.29) is 42.4 Å². The zero-order valence-corrected chi connectivity index (χ0v) is 20.0. The number of carbonyl (C=O) groups is 4. The number of aromatic nitrogens is 3. The van der Waals surface area contributed by atoms with Crippen LogP contribution in [0.25, 0.3) is 5.69 Å². The van der Waals surface area contributed by atoms with E-state index < -0.39 is 17.6 Å². The number of rotatable bonds is 4. The van der Waals surface area contributed by atoms with Gasteiger partial charge in [0.15, 0.2) is 5.69 Å². The number of ether oxygens (including phenoxy) is 1. The average molecular weight is 481 g/mol. The highest BCUT2D eigenvalue weighted by Crippen LogP contribution is 2.29. The van der Waals surface area contributed by atoms with Crippen LogP contribution >= 0.6 is 0 Å². The molecule has 11 heteroatoms. The zero-order chi connectivity index (χ0) is 24.9. The Labute approximate surface area is 202 Å². The van der Waals surface area contributed by atoms with Crippen LogP contribution in [0.2, 0.25) is 0 Å². The summed E-state index contributed by atoms with van der Waals surface area (Å²) in [4.78, 5) is 53.2. The maximum absolute atomic E-state index is 13.2. The van der Waals surface area contributed by atoms with Crippen LogP contribution in [0.15, 0.2) is 24.4 Å². The fourth-order valence-electron chi connectivity index (χ4n) is 4.91. The highest BCUT2D eigenvalue weighted by Gasteiger charge is 2.40. The van der Waals surface area contributed by atoms with Crippen molar-refractivity contribution in [2.24, 2.45) is 0 Å². The first-order valence-corrected chi connectivity index (χ1v) is 11.8. The minimum atomic E-state index is -0.670. The van der Waals surface area contributed by atoms with E-state index in [4.69, 9.17) is 4.74 Å². The second-order valence-corrected chi connectivity index (χ2v) is 9.86. The largest absolute Gasteiger partial charge is 0.372 e. The highest BCUT2D eigenvalue weighted by molar-refractivity contribution is 6.05. The van der Waals surface area contributed by atoms with Gasteiger partial charge in [0.05, 0.1) is 30.1 Å². The summed E-state index contributed by atoms with van der Waals surface area (Å²) in [5.41, 5.74) is 1.72. The van der Waals surface area contributed by atoms with Crippen LogP contribution in [-0.2, 0) is 20.9 Å². The lowest BCUT2D eigenvalue weighted by Gasteiger charge is -2.43. The second kappa shape index (κ2) is 8.56. The van der Waals surface area contributed by atoms with Crippen LogP contribution in [0, 0.1) is 0 Å². The van der Waals surface area contributed by atoms with Crippen molar-refractivity contribution in [1.29, 1.82) is 0 Å². The van der Waals surface area contributed by atoms with Crippen LogP contribution in [0.5, 0.6) is 0 Å². The third kappa shape index (κ3) is 4.20. The molecule has 2 fully saturated rings. The molecule has 0 aliphatic carbocycles. The van der Waals surface area contributed by atoms with Crippen LogP contribution < -0.4 is 5.32 Å². The summed E-state index contributed by atoms with van der Waals surface area (Å²) in [6.45, 7) is 7.14. The number of morpholine rings is 1. The van der Waals surface area contributed by atoms with Crippen molar-refractivity contribution in [1.82, 2.24) is 30.1 Å². The van der Waals surface area contributed by atoms with Gasteiger partial charge in [0.2, 0.25) is 11.8 Å². The first kappa shape index (κ1) is 23.2. The zero-order valence-electron chi connectivity index (χ0n) is 20.0. The molecule has 3 aliphatic rings. The highest BCUT2D eigenvalue weighted by atomic mass is 16.5. The van der Waals surface area contributed by atoms with Gasteiger partial charge in [0, 0.05) is 25.1 Å². The fourth-order valence-corrected chi connectivity index (χ4v) is 4.91. The van der Waals surface area contributed by atoms with E-state index in [0.717, 1.165) is 12.0 Å². The van der Waals surface area contributed by atoms with Gasteiger partial charge in [-0.25, -0.2) is 4.68 Å². The molecule has 4 heterocycles. The Kier molecular flexibility index (Phi) is 5.66. The third-order valence-corrected chi connectivity index (χ3v) is 6.87. The monoisotopic (exact) mass is 480 g/mol. The topological polar surface area (TPSA) is 127 Å². The van der Waals surface area contributed by atoms with Crippen molar-refractivity contribution >= 4 is 23.6 Å². The Morgan fingerprint density at radius 3 is 2.80 bits per heavy atom. The van der Waals surface area contributed by atoms with Gasteiger partial charge >= 0.3 is 0 Å². The quantitative estimate of drug-likeness (QED) is 0.648. The lowest BCUT2D eigenvalue weighted by Crippen LogP contribution is -2.56. The lowest BCUT2D eigenvalue weighted by molar-refractivity contribution is -0.136. The summed E-state index contributed by atoms with van der Waals surface area (Å²) in [7, 11) is 0.